The smallest absolute Gasteiger partial charge is 0.254 e. The molecule has 0 unspecified atom stereocenters. The number of hydrogen-bond donors (Lipinski definition) is 0. The van der Waals surface area contributed by atoms with Crippen LogP contribution in [0.1, 0.15) is 34.3 Å². The van der Waals surface area contributed by atoms with Crippen LogP contribution < -0.4 is 4.73 Å². The molecule has 1 aliphatic rings. The summed E-state index contributed by atoms with van der Waals surface area (Å²) in [6.45, 7) is 3.56. The van der Waals surface area contributed by atoms with Crippen LogP contribution in [0.4, 0.5) is 0 Å². The Morgan fingerprint density at radius 3 is 2.50 bits per heavy atom. The van der Waals surface area contributed by atoms with Crippen LogP contribution in [0.2, 0.25) is 0 Å². The van der Waals surface area contributed by atoms with Crippen molar-refractivity contribution in [3.8, 4) is 0 Å². The van der Waals surface area contributed by atoms with Crippen molar-refractivity contribution in [3.05, 3.63) is 89.1 Å². The minimum Gasteiger partial charge on any atom is -0.619 e. The molecule has 0 N–H and O–H groups in total. The number of likely N-dealkylation sites (N-methyl/N-ethyl adjacent to an activating group) is 1. The maximum atomic E-state index is 13.1. The van der Waals surface area contributed by atoms with Gasteiger partial charge in [0.1, 0.15) is 6.54 Å². The lowest BCUT2D eigenvalue weighted by molar-refractivity contribution is -0.605. The van der Waals surface area contributed by atoms with E-state index in [0.717, 1.165) is 19.3 Å². The summed E-state index contributed by atoms with van der Waals surface area (Å²) < 4.78 is 2.33. The number of aryl methyl sites for hydroxylation is 1. The van der Waals surface area contributed by atoms with Gasteiger partial charge < -0.3 is 15.0 Å². The molecular weight excluding hydrogens is 430 g/mol. The van der Waals surface area contributed by atoms with Crippen LogP contribution in [0.3, 0.4) is 0 Å². The van der Waals surface area contributed by atoms with E-state index in [9.17, 15) is 14.8 Å². The monoisotopic (exact) mass is 461 g/mol. The molecule has 0 spiro atoms. The van der Waals surface area contributed by atoms with Crippen molar-refractivity contribution in [3.63, 3.8) is 0 Å². The average Bonchev–Trinajstić information content (AvgIpc) is 3.36. The summed E-state index contributed by atoms with van der Waals surface area (Å²) in [6.07, 6.45) is 8.57. The molecule has 1 fully saturated rings. The molecular formula is C26H31N5O3. The normalized spacial score (nSPS) is 15.2. The highest BCUT2D eigenvalue weighted by atomic mass is 16.5. The first kappa shape index (κ1) is 23.5. The first-order valence-electron chi connectivity index (χ1n) is 11.7. The second-order valence-corrected chi connectivity index (χ2v) is 8.98. The van der Waals surface area contributed by atoms with E-state index in [2.05, 4.69) is 24.2 Å². The van der Waals surface area contributed by atoms with E-state index in [1.54, 1.807) is 29.2 Å². The fraction of sp³-hybridized carbons (Fsp3) is 0.385. The Hall–Kier alpha value is -3.68. The van der Waals surface area contributed by atoms with Crippen LogP contribution >= 0.6 is 0 Å². The molecule has 1 aliphatic heterocycles. The van der Waals surface area contributed by atoms with Crippen molar-refractivity contribution in [2.24, 2.45) is 5.92 Å². The molecule has 1 aromatic carbocycles. The molecule has 34 heavy (non-hydrogen) atoms. The highest BCUT2D eigenvalue weighted by Crippen LogP contribution is 2.28. The van der Waals surface area contributed by atoms with E-state index in [1.807, 2.05) is 35.0 Å². The van der Waals surface area contributed by atoms with Gasteiger partial charge in [0.05, 0.1) is 5.56 Å². The van der Waals surface area contributed by atoms with Crippen molar-refractivity contribution in [2.75, 3.05) is 20.1 Å². The molecule has 8 heteroatoms. The molecule has 0 saturated carbocycles. The zero-order valence-electron chi connectivity index (χ0n) is 19.7. The number of nitrogens with zero attached hydrogens (tertiary/aromatic N) is 5. The molecule has 0 bridgehead atoms. The minimum absolute atomic E-state index is 0.0241. The second-order valence-electron chi connectivity index (χ2n) is 8.98. The number of piperidine rings is 1. The first-order valence-corrected chi connectivity index (χ1v) is 11.7. The number of pyridine rings is 1. The molecule has 2 aromatic heterocycles. The quantitative estimate of drug-likeness (QED) is 0.400. The van der Waals surface area contributed by atoms with Gasteiger partial charge >= 0.3 is 0 Å². The molecule has 8 nitrogen and oxygen atoms in total. The molecule has 2 amide bonds. The number of likely N-dealkylation sites (tertiary alicyclic amines) is 1. The highest BCUT2D eigenvalue weighted by molar-refractivity contribution is 5.94. The summed E-state index contributed by atoms with van der Waals surface area (Å²) >= 11 is 0. The number of carbonyl (C=O) groups is 2. The fourth-order valence-electron chi connectivity index (χ4n) is 4.74. The van der Waals surface area contributed by atoms with Crippen molar-refractivity contribution in [2.45, 2.75) is 38.8 Å². The Morgan fingerprint density at radius 1 is 1.15 bits per heavy atom. The SMILES string of the molecule is Cc1ccccc1C[C@H](C1CCN(C(=O)c2cc[n+]([O-])cc2)CC1)N(C)C(=O)Cn1cccn1. The van der Waals surface area contributed by atoms with Gasteiger partial charge in [0.25, 0.3) is 5.91 Å². The summed E-state index contributed by atoms with van der Waals surface area (Å²) in [7, 11) is 1.88. The summed E-state index contributed by atoms with van der Waals surface area (Å²) in [6, 6.07) is 13.3. The molecule has 0 aliphatic carbocycles. The number of hydrogen-bond acceptors (Lipinski definition) is 4. The highest BCUT2D eigenvalue weighted by Gasteiger charge is 2.33. The number of benzene rings is 1. The maximum absolute atomic E-state index is 13.1. The van der Waals surface area contributed by atoms with Gasteiger partial charge in [-0.25, -0.2) is 0 Å². The third-order valence-electron chi connectivity index (χ3n) is 6.86. The van der Waals surface area contributed by atoms with Gasteiger partial charge in [-0.2, -0.15) is 9.83 Å². The predicted octanol–water partition coefficient (Wildman–Crippen LogP) is 2.45. The van der Waals surface area contributed by atoms with Crippen LogP contribution in [0.25, 0.3) is 0 Å². The summed E-state index contributed by atoms with van der Waals surface area (Å²) in [5, 5.41) is 15.5. The topological polar surface area (TPSA) is 85.4 Å². The zero-order valence-corrected chi connectivity index (χ0v) is 19.7. The van der Waals surface area contributed by atoms with E-state index < -0.39 is 0 Å². The second kappa shape index (κ2) is 10.5. The van der Waals surface area contributed by atoms with Crippen LogP contribution in [-0.4, -0.2) is 57.6 Å². The van der Waals surface area contributed by atoms with Crippen LogP contribution in [0.15, 0.2) is 67.3 Å². The Morgan fingerprint density at radius 2 is 1.85 bits per heavy atom. The summed E-state index contributed by atoms with van der Waals surface area (Å²) in [4.78, 5) is 29.7. The number of rotatable bonds is 7. The van der Waals surface area contributed by atoms with Gasteiger partial charge in [0, 0.05) is 50.7 Å². The van der Waals surface area contributed by atoms with Gasteiger partial charge in [0.15, 0.2) is 12.4 Å². The Labute approximate surface area is 200 Å². The van der Waals surface area contributed by atoms with Gasteiger partial charge in [-0.15, -0.1) is 0 Å². The molecule has 3 heterocycles. The minimum atomic E-state index is -0.0578. The van der Waals surface area contributed by atoms with Gasteiger partial charge in [0.2, 0.25) is 5.91 Å². The lowest BCUT2D eigenvalue weighted by Gasteiger charge is -2.40. The molecule has 0 radical (unpaired) electrons. The third-order valence-corrected chi connectivity index (χ3v) is 6.86. The van der Waals surface area contributed by atoms with Crippen molar-refractivity contribution in [1.82, 2.24) is 19.6 Å². The predicted molar refractivity (Wildman–Crippen MR) is 128 cm³/mol. The molecule has 1 atom stereocenters. The van der Waals surface area contributed by atoms with Crippen molar-refractivity contribution < 1.29 is 14.3 Å². The van der Waals surface area contributed by atoms with Crippen LogP contribution in [-0.2, 0) is 17.8 Å². The van der Waals surface area contributed by atoms with E-state index >= 15 is 0 Å². The van der Waals surface area contributed by atoms with Gasteiger partial charge in [-0.3, -0.25) is 14.3 Å². The Bertz CT molecular complexity index is 1110. The van der Waals surface area contributed by atoms with Gasteiger partial charge in [-0.05, 0) is 49.3 Å². The molecule has 3 aromatic rings. The average molecular weight is 462 g/mol. The van der Waals surface area contributed by atoms with Crippen molar-refractivity contribution in [1.29, 1.82) is 0 Å². The standard InChI is InChI=1S/C26H31N5O3/c1-20-6-3-4-7-23(20)18-24(28(2)25(32)19-30-13-5-12-27-30)21-8-14-29(15-9-21)26(33)22-10-16-31(34)17-11-22/h3-7,10-13,16-17,21,24H,8-9,14-15,18-19H2,1-2H3/t24-/m1/s1. The van der Waals surface area contributed by atoms with E-state index in [4.69, 9.17) is 0 Å². The van der Waals surface area contributed by atoms with E-state index in [1.165, 1.54) is 23.5 Å². The van der Waals surface area contributed by atoms with E-state index in [-0.39, 0.29) is 30.3 Å². The molecule has 1 saturated heterocycles. The summed E-state index contributed by atoms with van der Waals surface area (Å²) in [5.74, 6) is 0.239. The van der Waals surface area contributed by atoms with E-state index in [0.29, 0.717) is 23.4 Å². The maximum Gasteiger partial charge on any atom is 0.254 e. The van der Waals surface area contributed by atoms with Crippen molar-refractivity contribution >= 4 is 11.8 Å². The lowest BCUT2D eigenvalue weighted by atomic mass is 9.84. The van der Waals surface area contributed by atoms with Crippen LogP contribution in [0, 0.1) is 18.0 Å². The van der Waals surface area contributed by atoms with Gasteiger partial charge in [-0.1, -0.05) is 24.3 Å². The Balaban J connectivity index is 1.47. The van der Waals surface area contributed by atoms with Crippen LogP contribution in [0.5, 0.6) is 0 Å². The number of amides is 2. The number of carbonyl (C=O) groups excluding carboxylic acids is 2. The Kier molecular flexibility index (Phi) is 7.25. The molecule has 4 rings (SSSR count). The first-order chi connectivity index (χ1) is 16.4. The third kappa shape index (κ3) is 5.44. The largest absolute Gasteiger partial charge is 0.619 e. The number of aromatic nitrogens is 3. The fourth-order valence-corrected chi connectivity index (χ4v) is 4.74. The lowest BCUT2D eigenvalue weighted by Crippen LogP contribution is -2.49. The zero-order chi connectivity index (χ0) is 24.1. The summed E-state index contributed by atoms with van der Waals surface area (Å²) in [5.41, 5.74) is 2.97. The molecule has 178 valence electrons.